The van der Waals surface area contributed by atoms with Crippen molar-refractivity contribution in [2.24, 2.45) is 0 Å². The average Bonchev–Trinajstić information content (AvgIpc) is 2.50. The predicted molar refractivity (Wildman–Crippen MR) is 98.6 cm³/mol. The third-order valence-corrected chi connectivity index (χ3v) is 3.41. The summed E-state index contributed by atoms with van der Waals surface area (Å²) < 4.78 is 0. The van der Waals surface area contributed by atoms with Crippen LogP contribution in [-0.4, -0.2) is 0 Å². The normalized spacial score (nSPS) is 12.4. The fourth-order valence-corrected chi connectivity index (χ4v) is 2.15. The Morgan fingerprint density at radius 1 is 0.571 bits per heavy atom. The summed E-state index contributed by atoms with van der Waals surface area (Å²) in [5.74, 6) is 0. The zero-order valence-electron chi connectivity index (χ0n) is 14.0. The van der Waals surface area contributed by atoms with Gasteiger partial charge in [-0.15, -0.1) is 0 Å². The first-order valence-electron chi connectivity index (χ1n) is 8.69. The SMILES string of the molecule is C=C\C=C/C=C\C=C\C=C/CCCCCCCCCCC. The van der Waals surface area contributed by atoms with Gasteiger partial charge in [0.1, 0.15) is 0 Å². The summed E-state index contributed by atoms with van der Waals surface area (Å²) >= 11 is 0. The lowest BCUT2D eigenvalue weighted by molar-refractivity contribution is 0.566. The van der Waals surface area contributed by atoms with Gasteiger partial charge in [-0.25, -0.2) is 0 Å². The van der Waals surface area contributed by atoms with Gasteiger partial charge in [0.25, 0.3) is 0 Å². The van der Waals surface area contributed by atoms with Crippen LogP contribution in [0, 0.1) is 0 Å². The van der Waals surface area contributed by atoms with Gasteiger partial charge in [-0.05, 0) is 12.8 Å². The van der Waals surface area contributed by atoms with Crippen molar-refractivity contribution in [3.63, 3.8) is 0 Å². The minimum atomic E-state index is 1.21. The van der Waals surface area contributed by atoms with Crippen molar-refractivity contribution in [2.45, 2.75) is 71.1 Å². The van der Waals surface area contributed by atoms with E-state index in [0.717, 1.165) is 0 Å². The highest BCUT2D eigenvalue weighted by molar-refractivity contribution is 5.17. The molecule has 0 aliphatic heterocycles. The molecule has 0 aromatic rings. The van der Waals surface area contributed by atoms with Crippen LogP contribution in [-0.2, 0) is 0 Å². The molecule has 0 fully saturated rings. The summed E-state index contributed by atoms with van der Waals surface area (Å²) in [7, 11) is 0. The van der Waals surface area contributed by atoms with Crippen molar-refractivity contribution >= 4 is 0 Å². The van der Waals surface area contributed by atoms with Crippen LogP contribution in [0.25, 0.3) is 0 Å². The van der Waals surface area contributed by atoms with Crippen molar-refractivity contribution in [1.82, 2.24) is 0 Å². The van der Waals surface area contributed by atoms with E-state index in [0.29, 0.717) is 0 Å². The Bertz CT molecular complexity index is 315. The molecule has 0 amide bonds. The highest BCUT2D eigenvalue weighted by Crippen LogP contribution is 2.10. The molecule has 0 atom stereocenters. The van der Waals surface area contributed by atoms with E-state index in [9.17, 15) is 0 Å². The second-order valence-corrected chi connectivity index (χ2v) is 5.44. The first-order valence-corrected chi connectivity index (χ1v) is 8.69. The lowest BCUT2D eigenvalue weighted by atomic mass is 10.1. The molecule has 0 N–H and O–H groups in total. The van der Waals surface area contributed by atoms with Crippen molar-refractivity contribution in [2.75, 3.05) is 0 Å². The molecule has 0 bridgehead atoms. The summed E-state index contributed by atoms with van der Waals surface area (Å²) in [6.45, 7) is 5.90. The predicted octanol–water partition coefficient (Wildman–Crippen LogP) is 7.32. The number of hydrogen-bond donors (Lipinski definition) is 0. The Kier molecular flexibility index (Phi) is 17.5. The van der Waals surface area contributed by atoms with Gasteiger partial charge in [0.05, 0.1) is 0 Å². The Labute approximate surface area is 133 Å². The van der Waals surface area contributed by atoms with Crippen LogP contribution in [0.3, 0.4) is 0 Å². The smallest absolute Gasteiger partial charge is 0.0348 e. The number of unbranched alkanes of at least 4 members (excludes halogenated alkanes) is 9. The molecule has 0 aromatic heterocycles. The highest BCUT2D eigenvalue weighted by atomic mass is 14.0. The third kappa shape index (κ3) is 18.7. The van der Waals surface area contributed by atoms with E-state index in [1.807, 2.05) is 24.3 Å². The molecule has 0 aliphatic rings. The Morgan fingerprint density at radius 2 is 1.05 bits per heavy atom. The van der Waals surface area contributed by atoms with Gasteiger partial charge in [0, 0.05) is 0 Å². The fourth-order valence-electron chi connectivity index (χ4n) is 2.15. The van der Waals surface area contributed by atoms with Crippen molar-refractivity contribution in [1.29, 1.82) is 0 Å². The minimum absolute atomic E-state index is 1.21. The van der Waals surface area contributed by atoms with Crippen LogP contribution in [0.15, 0.2) is 61.3 Å². The summed E-state index contributed by atoms with van der Waals surface area (Å²) in [6.07, 6.45) is 32.1. The molecule has 0 saturated heterocycles. The summed E-state index contributed by atoms with van der Waals surface area (Å²) in [4.78, 5) is 0. The van der Waals surface area contributed by atoms with E-state index < -0.39 is 0 Å². The highest BCUT2D eigenvalue weighted by Gasteiger charge is 1.90. The fraction of sp³-hybridized carbons (Fsp3) is 0.524. The first kappa shape index (κ1) is 19.7. The molecule has 0 nitrogen and oxygen atoms in total. The van der Waals surface area contributed by atoms with Crippen molar-refractivity contribution in [3.8, 4) is 0 Å². The van der Waals surface area contributed by atoms with E-state index in [-0.39, 0.29) is 0 Å². The van der Waals surface area contributed by atoms with E-state index in [1.54, 1.807) is 6.08 Å². The summed E-state index contributed by atoms with van der Waals surface area (Å²) in [6, 6.07) is 0. The van der Waals surface area contributed by atoms with Gasteiger partial charge in [-0.2, -0.15) is 0 Å². The molecule has 118 valence electrons. The third-order valence-electron chi connectivity index (χ3n) is 3.41. The largest absolute Gasteiger partial charge is 0.0991 e. The van der Waals surface area contributed by atoms with Crippen molar-refractivity contribution in [3.05, 3.63) is 61.3 Å². The summed E-state index contributed by atoms with van der Waals surface area (Å²) in [5.41, 5.74) is 0. The summed E-state index contributed by atoms with van der Waals surface area (Å²) in [5, 5.41) is 0. The van der Waals surface area contributed by atoms with Gasteiger partial charge >= 0.3 is 0 Å². The molecule has 0 rings (SSSR count). The lowest BCUT2D eigenvalue weighted by Crippen LogP contribution is -1.80. The van der Waals surface area contributed by atoms with Crippen LogP contribution >= 0.6 is 0 Å². The lowest BCUT2D eigenvalue weighted by Gasteiger charge is -2.00. The van der Waals surface area contributed by atoms with E-state index in [2.05, 4.69) is 37.8 Å². The minimum Gasteiger partial charge on any atom is -0.0991 e. The molecule has 0 radical (unpaired) electrons. The molecule has 0 spiro atoms. The number of allylic oxidation sites excluding steroid dienone is 9. The maximum Gasteiger partial charge on any atom is -0.0348 e. The van der Waals surface area contributed by atoms with E-state index in [4.69, 9.17) is 0 Å². The van der Waals surface area contributed by atoms with Crippen molar-refractivity contribution < 1.29 is 0 Å². The molecule has 21 heavy (non-hydrogen) atoms. The van der Waals surface area contributed by atoms with Gasteiger partial charge in [-0.1, -0.05) is 120 Å². The number of rotatable bonds is 14. The maximum absolute atomic E-state index is 3.62. The second-order valence-electron chi connectivity index (χ2n) is 5.44. The molecule has 0 heteroatoms. The quantitative estimate of drug-likeness (QED) is 0.232. The average molecular weight is 287 g/mol. The van der Waals surface area contributed by atoms with Crippen LogP contribution in [0.4, 0.5) is 0 Å². The Morgan fingerprint density at radius 3 is 1.62 bits per heavy atom. The first-order chi connectivity index (χ1) is 10.4. The van der Waals surface area contributed by atoms with Crippen LogP contribution in [0.2, 0.25) is 0 Å². The second kappa shape index (κ2) is 18.7. The number of hydrogen-bond acceptors (Lipinski definition) is 0. The molecular formula is C21H34. The van der Waals surface area contributed by atoms with Gasteiger partial charge < -0.3 is 0 Å². The molecule has 0 aliphatic carbocycles. The zero-order chi connectivity index (χ0) is 15.4. The maximum atomic E-state index is 3.62. The van der Waals surface area contributed by atoms with Gasteiger partial charge in [-0.3, -0.25) is 0 Å². The van der Waals surface area contributed by atoms with Crippen LogP contribution in [0.1, 0.15) is 71.1 Å². The molecular weight excluding hydrogens is 252 g/mol. The van der Waals surface area contributed by atoms with Gasteiger partial charge in [0.2, 0.25) is 0 Å². The molecule has 0 unspecified atom stereocenters. The van der Waals surface area contributed by atoms with Crippen LogP contribution < -0.4 is 0 Å². The van der Waals surface area contributed by atoms with Gasteiger partial charge in [0.15, 0.2) is 0 Å². The van der Waals surface area contributed by atoms with E-state index in [1.165, 1.54) is 64.2 Å². The topological polar surface area (TPSA) is 0 Å². The molecule has 0 saturated carbocycles. The Balaban J connectivity index is 3.28. The molecule has 0 aromatic carbocycles. The molecule has 0 heterocycles. The Hall–Kier alpha value is -1.30. The van der Waals surface area contributed by atoms with E-state index >= 15 is 0 Å². The monoisotopic (exact) mass is 286 g/mol. The standard InChI is InChI=1S/C21H34/c1-3-5-7-9-11-13-15-17-19-21-20-18-16-14-12-10-8-6-4-2/h3,5,7,9,11,13,15,17,19H,1,4,6,8,10,12,14,16,18,20-21H2,2H3/b7-5-,11-9-,15-13+,19-17-. The van der Waals surface area contributed by atoms with Crippen LogP contribution in [0.5, 0.6) is 0 Å². The zero-order valence-corrected chi connectivity index (χ0v) is 14.0.